The van der Waals surface area contributed by atoms with E-state index in [2.05, 4.69) is 10.3 Å². The molecule has 7 nitrogen and oxygen atoms in total. The summed E-state index contributed by atoms with van der Waals surface area (Å²) in [5.41, 5.74) is 4.18. The van der Waals surface area contributed by atoms with Gasteiger partial charge in [0.15, 0.2) is 0 Å². The van der Waals surface area contributed by atoms with Crippen molar-refractivity contribution >= 4 is 41.1 Å². The van der Waals surface area contributed by atoms with E-state index in [4.69, 9.17) is 11.6 Å². The fourth-order valence-corrected chi connectivity index (χ4v) is 7.47. The molecule has 9 heteroatoms. The molecule has 218 valence electrons. The van der Waals surface area contributed by atoms with E-state index in [-0.39, 0.29) is 29.2 Å². The van der Waals surface area contributed by atoms with Crippen LogP contribution in [0.25, 0.3) is 0 Å². The smallest absolute Gasteiger partial charge is 0.256 e. The normalized spacial score (nSPS) is 19.4. The van der Waals surface area contributed by atoms with Crippen LogP contribution >= 0.6 is 23.4 Å². The summed E-state index contributed by atoms with van der Waals surface area (Å²) in [6.45, 7) is 2.91. The molecule has 1 N–H and O–H groups in total. The Bertz CT molecular complexity index is 1510. The van der Waals surface area contributed by atoms with E-state index in [1.807, 2.05) is 46.4 Å². The Morgan fingerprint density at radius 3 is 2.26 bits per heavy atom. The number of nitrogens with zero attached hydrogens (tertiary/aromatic N) is 3. The highest BCUT2D eigenvalue weighted by Crippen LogP contribution is 2.42. The molecule has 1 aliphatic carbocycles. The van der Waals surface area contributed by atoms with Crippen LogP contribution in [0.3, 0.4) is 0 Å². The Kier molecular flexibility index (Phi) is 8.28. The molecule has 1 spiro atoms. The number of aromatic nitrogens is 1. The lowest BCUT2D eigenvalue weighted by molar-refractivity contribution is 0.0279. The van der Waals surface area contributed by atoms with E-state index in [1.54, 1.807) is 30.5 Å². The number of hydrogen-bond acceptors (Lipinski definition) is 5. The summed E-state index contributed by atoms with van der Waals surface area (Å²) < 4.78 is 0. The predicted molar refractivity (Wildman–Crippen MR) is 165 cm³/mol. The number of nitrogens with one attached hydrogen (secondary N) is 1. The molecule has 2 fully saturated rings. The molecule has 6 rings (SSSR count). The van der Waals surface area contributed by atoms with Crippen molar-refractivity contribution in [1.82, 2.24) is 20.1 Å². The van der Waals surface area contributed by atoms with Gasteiger partial charge < -0.3 is 15.1 Å². The first kappa shape index (κ1) is 28.7. The van der Waals surface area contributed by atoms with E-state index in [0.29, 0.717) is 21.7 Å². The average molecular weight is 603 g/mol. The molecule has 1 unspecified atom stereocenters. The third-order valence-corrected chi connectivity index (χ3v) is 10.4. The molecule has 0 saturated carbocycles. The van der Waals surface area contributed by atoms with Gasteiger partial charge in [-0.2, -0.15) is 0 Å². The number of amides is 3. The summed E-state index contributed by atoms with van der Waals surface area (Å²) in [6.07, 6.45) is 9.15. The van der Waals surface area contributed by atoms with Crippen LogP contribution in [0, 0.1) is 5.41 Å². The van der Waals surface area contributed by atoms with Gasteiger partial charge in [-0.3, -0.25) is 14.4 Å². The number of likely N-dealkylation sites (tertiary alicyclic amines) is 2. The Morgan fingerprint density at radius 2 is 1.57 bits per heavy atom. The number of carbonyl (C=O) groups is 3. The Balaban J connectivity index is 1.06. The number of hydrogen-bond donors (Lipinski definition) is 1. The second-order valence-corrected chi connectivity index (χ2v) is 12.8. The van der Waals surface area contributed by atoms with Crippen LogP contribution in [0.15, 0.2) is 65.8 Å². The molecular weight excluding hydrogens is 568 g/mol. The summed E-state index contributed by atoms with van der Waals surface area (Å²) in [5.74, 6) is -0.0909. The van der Waals surface area contributed by atoms with E-state index in [0.717, 1.165) is 75.3 Å². The average Bonchev–Trinajstić information content (AvgIpc) is 3.43. The van der Waals surface area contributed by atoms with Crippen molar-refractivity contribution < 1.29 is 14.4 Å². The molecule has 3 heterocycles. The molecule has 42 heavy (non-hydrogen) atoms. The number of piperidine rings is 2. The summed E-state index contributed by atoms with van der Waals surface area (Å²) in [6, 6.07) is 16.5. The zero-order valence-corrected chi connectivity index (χ0v) is 25.3. The third kappa shape index (κ3) is 5.66. The molecule has 1 atom stereocenters. The van der Waals surface area contributed by atoms with Crippen LogP contribution in [-0.2, 0) is 6.42 Å². The number of thioether (sulfide) groups is 1. The van der Waals surface area contributed by atoms with Crippen molar-refractivity contribution in [3.63, 3.8) is 0 Å². The minimum atomic E-state index is -0.200. The first-order valence-corrected chi connectivity index (χ1v) is 16.2. The number of aryl methyl sites for hydroxylation is 1. The van der Waals surface area contributed by atoms with Crippen molar-refractivity contribution in [2.75, 3.05) is 32.4 Å². The second-order valence-electron chi connectivity index (χ2n) is 11.6. The lowest BCUT2D eigenvalue weighted by atomic mass is 9.71. The summed E-state index contributed by atoms with van der Waals surface area (Å²) in [5, 5.41) is 4.32. The van der Waals surface area contributed by atoms with Crippen molar-refractivity contribution in [3.05, 3.63) is 93.6 Å². The summed E-state index contributed by atoms with van der Waals surface area (Å²) >= 11 is 7.74. The number of halogens is 1. The Labute approximate surface area is 256 Å². The SMILES string of the molecule is CSc1ncccc1C(=O)N1CCC2(CCN(C(=O)c3ccc4c(c3)C(NC(=O)c3ccccc3Cl)CC4)CC2)CC1. The van der Waals surface area contributed by atoms with E-state index < -0.39 is 0 Å². The maximum Gasteiger partial charge on any atom is 0.256 e. The standard InChI is InChI=1S/C33H35ClN4O3S/c1-42-30-25(6-4-16-35-30)32(41)38-19-14-33(15-20-38)12-17-37(18-13-33)31(40)23-9-8-22-10-11-28(26(22)21-23)36-29(39)24-5-2-3-7-27(24)34/h2-9,16,21,28H,10-15,17-20H2,1H3,(H,36,39). The van der Waals surface area contributed by atoms with Crippen LogP contribution in [0.4, 0.5) is 0 Å². The molecule has 0 radical (unpaired) electrons. The van der Waals surface area contributed by atoms with Gasteiger partial charge in [-0.1, -0.05) is 29.8 Å². The van der Waals surface area contributed by atoms with Gasteiger partial charge in [0.25, 0.3) is 17.7 Å². The number of carbonyl (C=O) groups excluding carboxylic acids is 3. The quantitative estimate of drug-likeness (QED) is 0.361. The number of benzene rings is 2. The minimum absolute atomic E-state index is 0.0458. The van der Waals surface area contributed by atoms with Crippen LogP contribution in [-0.4, -0.2) is 64.9 Å². The number of fused-ring (bicyclic) bond motifs is 1. The lowest BCUT2D eigenvalue weighted by Gasteiger charge is -2.47. The van der Waals surface area contributed by atoms with Crippen molar-refractivity contribution in [2.24, 2.45) is 5.41 Å². The molecule has 1 aromatic heterocycles. The van der Waals surface area contributed by atoms with Gasteiger partial charge in [0, 0.05) is 37.9 Å². The molecule has 2 saturated heterocycles. The lowest BCUT2D eigenvalue weighted by Crippen LogP contribution is -2.49. The summed E-state index contributed by atoms with van der Waals surface area (Å²) in [4.78, 5) is 48.0. The highest BCUT2D eigenvalue weighted by Gasteiger charge is 2.40. The topological polar surface area (TPSA) is 82.6 Å². The predicted octanol–water partition coefficient (Wildman–Crippen LogP) is 6.03. The molecule has 0 bridgehead atoms. The first-order valence-electron chi connectivity index (χ1n) is 14.6. The highest BCUT2D eigenvalue weighted by molar-refractivity contribution is 7.98. The van der Waals surface area contributed by atoms with Gasteiger partial charge >= 0.3 is 0 Å². The highest BCUT2D eigenvalue weighted by atomic mass is 35.5. The van der Waals surface area contributed by atoms with Crippen LogP contribution < -0.4 is 5.32 Å². The molecule has 2 aliphatic heterocycles. The van der Waals surface area contributed by atoms with E-state index in [9.17, 15) is 14.4 Å². The molecule has 2 aromatic carbocycles. The fourth-order valence-electron chi connectivity index (χ4n) is 6.70. The maximum absolute atomic E-state index is 13.6. The molecule has 3 amide bonds. The Hall–Kier alpha value is -3.36. The van der Waals surface area contributed by atoms with Gasteiger partial charge in [0.05, 0.1) is 22.2 Å². The zero-order chi connectivity index (χ0) is 29.3. The summed E-state index contributed by atoms with van der Waals surface area (Å²) in [7, 11) is 0. The monoisotopic (exact) mass is 602 g/mol. The zero-order valence-electron chi connectivity index (χ0n) is 23.8. The number of rotatable bonds is 5. The second kappa shape index (κ2) is 12.1. The largest absolute Gasteiger partial charge is 0.345 e. The number of pyridine rings is 1. The fraction of sp³-hybridized carbons (Fsp3) is 0.394. The molecule has 3 aromatic rings. The van der Waals surface area contributed by atoms with E-state index in [1.165, 1.54) is 17.3 Å². The van der Waals surface area contributed by atoms with Gasteiger partial charge in [0.2, 0.25) is 0 Å². The Morgan fingerprint density at radius 1 is 0.905 bits per heavy atom. The van der Waals surface area contributed by atoms with Gasteiger partial charge in [-0.15, -0.1) is 11.8 Å². The van der Waals surface area contributed by atoms with Crippen molar-refractivity contribution in [3.8, 4) is 0 Å². The first-order chi connectivity index (χ1) is 20.4. The van der Waals surface area contributed by atoms with Gasteiger partial charge in [0.1, 0.15) is 5.03 Å². The van der Waals surface area contributed by atoms with Crippen molar-refractivity contribution in [1.29, 1.82) is 0 Å². The third-order valence-electron chi connectivity index (χ3n) is 9.31. The molecular formula is C33H35ClN4O3S. The van der Waals surface area contributed by atoms with Crippen LogP contribution in [0.1, 0.15) is 80.3 Å². The molecule has 3 aliphatic rings. The van der Waals surface area contributed by atoms with E-state index >= 15 is 0 Å². The maximum atomic E-state index is 13.6. The minimum Gasteiger partial charge on any atom is -0.345 e. The van der Waals surface area contributed by atoms with Crippen molar-refractivity contribution in [2.45, 2.75) is 49.6 Å². The van der Waals surface area contributed by atoms with Gasteiger partial charge in [-0.05, 0) is 97.7 Å². The van der Waals surface area contributed by atoms with Gasteiger partial charge in [-0.25, -0.2) is 4.98 Å². The van der Waals surface area contributed by atoms with Crippen LogP contribution in [0.2, 0.25) is 5.02 Å². The van der Waals surface area contributed by atoms with Crippen LogP contribution in [0.5, 0.6) is 0 Å².